The van der Waals surface area contributed by atoms with Gasteiger partial charge < -0.3 is 10.5 Å². The molecule has 0 heterocycles. The quantitative estimate of drug-likeness (QED) is 0.864. The van der Waals surface area contributed by atoms with Crippen LogP contribution in [0.25, 0.3) is 0 Å². The molecule has 3 nitrogen and oxygen atoms in total. The van der Waals surface area contributed by atoms with Crippen LogP contribution < -0.4 is 10.5 Å². The van der Waals surface area contributed by atoms with Gasteiger partial charge in [-0.1, -0.05) is 19.9 Å². The van der Waals surface area contributed by atoms with E-state index >= 15 is 0 Å². The Kier molecular flexibility index (Phi) is 5.82. The van der Waals surface area contributed by atoms with E-state index in [-0.39, 0.29) is 11.3 Å². The van der Waals surface area contributed by atoms with Crippen LogP contribution in [0, 0.1) is 0 Å². The van der Waals surface area contributed by atoms with Gasteiger partial charge in [-0.25, -0.2) is 0 Å². The molecule has 18 heavy (non-hydrogen) atoms. The lowest BCUT2D eigenvalue weighted by atomic mass is 10.1. The van der Waals surface area contributed by atoms with Crippen LogP contribution in [0.15, 0.2) is 18.2 Å². The molecule has 1 aromatic carbocycles. The van der Waals surface area contributed by atoms with E-state index in [1.54, 1.807) is 7.11 Å². The number of hydrogen-bond donors (Lipinski definition) is 1. The minimum atomic E-state index is -0.870. The molecule has 0 amide bonds. The predicted octanol–water partition coefficient (Wildman–Crippen LogP) is 2.76. The van der Waals surface area contributed by atoms with Gasteiger partial charge in [0.2, 0.25) is 0 Å². The van der Waals surface area contributed by atoms with Gasteiger partial charge in [0, 0.05) is 27.7 Å². The van der Waals surface area contributed by atoms with E-state index in [0.29, 0.717) is 5.75 Å². The van der Waals surface area contributed by atoms with E-state index in [9.17, 15) is 4.21 Å². The van der Waals surface area contributed by atoms with Gasteiger partial charge in [0.05, 0.1) is 12.9 Å². The van der Waals surface area contributed by atoms with Gasteiger partial charge in [-0.3, -0.25) is 4.21 Å². The van der Waals surface area contributed by atoms with E-state index in [0.717, 1.165) is 23.3 Å². The first kappa shape index (κ1) is 15.2. The highest BCUT2D eigenvalue weighted by Gasteiger charge is 2.14. The summed E-state index contributed by atoms with van der Waals surface area (Å²) in [6, 6.07) is 5.84. The van der Waals surface area contributed by atoms with Crippen LogP contribution in [0.1, 0.15) is 44.4 Å². The average Bonchev–Trinajstić information content (AvgIpc) is 2.37. The van der Waals surface area contributed by atoms with Crippen molar-refractivity contribution < 1.29 is 8.95 Å². The molecule has 0 aliphatic rings. The number of methoxy groups -OCH3 is 1. The molecule has 0 aliphatic heterocycles. The Morgan fingerprint density at radius 2 is 2.06 bits per heavy atom. The topological polar surface area (TPSA) is 52.3 Å². The molecule has 1 rings (SSSR count). The maximum Gasteiger partial charge on any atom is 0.123 e. The van der Waals surface area contributed by atoms with E-state index in [1.165, 1.54) is 0 Å². The standard InChI is InChI=1S/C14H23NO2S/c1-5-10(2)18(16)9-13-8-12(11(3)15)6-7-14(13)17-4/h6-8,10-11H,5,9,15H2,1-4H3. The van der Waals surface area contributed by atoms with Crippen LogP contribution in [0.3, 0.4) is 0 Å². The van der Waals surface area contributed by atoms with Gasteiger partial charge in [-0.2, -0.15) is 0 Å². The Labute approximate surface area is 112 Å². The van der Waals surface area contributed by atoms with E-state index in [4.69, 9.17) is 10.5 Å². The van der Waals surface area contributed by atoms with Crippen LogP contribution in [0.5, 0.6) is 5.75 Å². The summed E-state index contributed by atoms with van der Waals surface area (Å²) in [5, 5.41) is 0.202. The van der Waals surface area contributed by atoms with Gasteiger partial charge in [0.25, 0.3) is 0 Å². The summed E-state index contributed by atoms with van der Waals surface area (Å²) < 4.78 is 17.4. The third-order valence-corrected chi connectivity index (χ3v) is 4.98. The summed E-state index contributed by atoms with van der Waals surface area (Å²) in [7, 11) is 0.765. The summed E-state index contributed by atoms with van der Waals surface area (Å²) in [5.74, 6) is 1.31. The highest BCUT2D eigenvalue weighted by Crippen LogP contribution is 2.24. The third-order valence-electron chi connectivity index (χ3n) is 3.15. The first-order valence-corrected chi connectivity index (χ1v) is 7.67. The van der Waals surface area contributed by atoms with Gasteiger partial charge in [0.1, 0.15) is 5.75 Å². The first-order valence-electron chi connectivity index (χ1n) is 6.29. The van der Waals surface area contributed by atoms with Crippen molar-refractivity contribution in [3.63, 3.8) is 0 Å². The van der Waals surface area contributed by atoms with E-state index < -0.39 is 10.8 Å². The molecule has 0 aliphatic carbocycles. The molecule has 0 aromatic heterocycles. The number of rotatable bonds is 6. The Morgan fingerprint density at radius 1 is 1.39 bits per heavy atom. The van der Waals surface area contributed by atoms with Crippen LogP contribution in [0.2, 0.25) is 0 Å². The highest BCUT2D eigenvalue weighted by molar-refractivity contribution is 7.84. The first-order chi connectivity index (χ1) is 8.49. The van der Waals surface area contributed by atoms with Crippen molar-refractivity contribution in [1.29, 1.82) is 0 Å². The summed E-state index contributed by atoms with van der Waals surface area (Å²) in [4.78, 5) is 0. The van der Waals surface area contributed by atoms with Crippen molar-refractivity contribution in [3.8, 4) is 5.75 Å². The molecule has 4 heteroatoms. The lowest BCUT2D eigenvalue weighted by Crippen LogP contribution is -2.13. The van der Waals surface area contributed by atoms with Crippen molar-refractivity contribution in [2.75, 3.05) is 7.11 Å². The van der Waals surface area contributed by atoms with Gasteiger partial charge in [0.15, 0.2) is 0 Å². The average molecular weight is 269 g/mol. The van der Waals surface area contributed by atoms with Crippen molar-refractivity contribution in [2.45, 2.75) is 44.2 Å². The molecule has 0 bridgehead atoms. The predicted molar refractivity (Wildman–Crippen MR) is 77.2 cm³/mol. The molecule has 2 N–H and O–H groups in total. The molecular weight excluding hydrogens is 246 g/mol. The SMILES string of the molecule is CCC(C)S(=O)Cc1cc(C(C)N)ccc1OC. The Balaban J connectivity index is 2.98. The Hall–Kier alpha value is -0.870. The van der Waals surface area contributed by atoms with Crippen LogP contribution >= 0.6 is 0 Å². The molecule has 0 radical (unpaired) electrons. The fourth-order valence-electron chi connectivity index (χ4n) is 1.68. The summed E-state index contributed by atoms with van der Waals surface area (Å²) >= 11 is 0. The Bertz CT molecular complexity index is 418. The normalized spacial score (nSPS) is 16.1. The fourth-order valence-corrected chi connectivity index (χ4v) is 2.86. The molecule has 0 fully saturated rings. The number of hydrogen-bond acceptors (Lipinski definition) is 3. The summed E-state index contributed by atoms with van der Waals surface area (Å²) in [6.45, 7) is 6.01. The second-order valence-electron chi connectivity index (χ2n) is 4.60. The Morgan fingerprint density at radius 3 is 2.56 bits per heavy atom. The number of benzene rings is 1. The van der Waals surface area contributed by atoms with Crippen molar-refractivity contribution >= 4 is 10.8 Å². The van der Waals surface area contributed by atoms with Crippen LogP contribution in [-0.4, -0.2) is 16.6 Å². The molecule has 3 atom stereocenters. The lowest BCUT2D eigenvalue weighted by Gasteiger charge is -2.14. The largest absolute Gasteiger partial charge is 0.496 e. The number of ether oxygens (including phenoxy) is 1. The van der Waals surface area contributed by atoms with Gasteiger partial charge >= 0.3 is 0 Å². The molecule has 0 saturated carbocycles. The molecule has 1 aromatic rings. The van der Waals surface area contributed by atoms with Crippen molar-refractivity contribution in [1.82, 2.24) is 0 Å². The maximum absolute atomic E-state index is 12.1. The van der Waals surface area contributed by atoms with E-state index in [2.05, 4.69) is 6.92 Å². The summed E-state index contributed by atoms with van der Waals surface area (Å²) in [5.41, 5.74) is 7.90. The molecule has 3 unspecified atom stereocenters. The molecule has 0 saturated heterocycles. The maximum atomic E-state index is 12.1. The molecular formula is C14H23NO2S. The van der Waals surface area contributed by atoms with Gasteiger partial charge in [-0.05, 0) is 31.0 Å². The zero-order chi connectivity index (χ0) is 13.7. The molecule has 0 spiro atoms. The summed E-state index contributed by atoms with van der Waals surface area (Å²) in [6.07, 6.45) is 0.919. The monoisotopic (exact) mass is 269 g/mol. The second-order valence-corrected chi connectivity index (χ2v) is 6.46. The fraction of sp³-hybridized carbons (Fsp3) is 0.571. The minimum absolute atomic E-state index is 0.0216. The van der Waals surface area contributed by atoms with Crippen molar-refractivity contribution in [3.05, 3.63) is 29.3 Å². The zero-order valence-corrected chi connectivity index (χ0v) is 12.4. The smallest absolute Gasteiger partial charge is 0.123 e. The van der Waals surface area contributed by atoms with Crippen molar-refractivity contribution in [2.24, 2.45) is 5.73 Å². The molecule has 102 valence electrons. The highest BCUT2D eigenvalue weighted by atomic mass is 32.2. The minimum Gasteiger partial charge on any atom is -0.496 e. The lowest BCUT2D eigenvalue weighted by molar-refractivity contribution is 0.411. The van der Waals surface area contributed by atoms with Crippen LogP contribution in [-0.2, 0) is 16.6 Å². The number of nitrogens with two attached hydrogens (primary N) is 1. The van der Waals surface area contributed by atoms with Gasteiger partial charge in [-0.15, -0.1) is 0 Å². The third kappa shape index (κ3) is 3.82. The van der Waals surface area contributed by atoms with Crippen LogP contribution in [0.4, 0.5) is 0 Å². The zero-order valence-electron chi connectivity index (χ0n) is 11.6. The second kappa shape index (κ2) is 6.90. The van der Waals surface area contributed by atoms with E-state index in [1.807, 2.05) is 32.0 Å².